The number of hydrogen-bond donors (Lipinski definition) is 1. The molecule has 0 amide bonds. The molecule has 2 unspecified atom stereocenters. The minimum atomic E-state index is -0.188. The molecule has 1 rings (SSSR count). The molecule has 1 aliphatic rings. The van der Waals surface area contributed by atoms with Crippen LogP contribution < -0.4 is 5.48 Å². The van der Waals surface area contributed by atoms with E-state index < -0.39 is 0 Å². The van der Waals surface area contributed by atoms with Gasteiger partial charge < -0.3 is 0 Å². The van der Waals surface area contributed by atoms with Gasteiger partial charge in [0.15, 0.2) is 0 Å². The summed E-state index contributed by atoms with van der Waals surface area (Å²) in [6.07, 6.45) is 5.66. The normalized spacial score (nSPS) is 28.1. The molecule has 3 heteroatoms. The Balaban J connectivity index is 2.46. The van der Waals surface area contributed by atoms with Crippen LogP contribution in [0.4, 0.5) is 0 Å². The molecule has 0 saturated heterocycles. The van der Waals surface area contributed by atoms with Gasteiger partial charge >= 0.3 is 0 Å². The second kappa shape index (κ2) is 5.48. The van der Waals surface area contributed by atoms with E-state index in [1.165, 1.54) is 19.3 Å². The van der Waals surface area contributed by atoms with Gasteiger partial charge in [-0.2, -0.15) is 10.7 Å². The van der Waals surface area contributed by atoms with Crippen molar-refractivity contribution in [1.82, 2.24) is 5.48 Å². The standard InChI is InChI=1S/C12H22N2O/c1-12(2,3)15-14-11-8-6-4-5-7-10(11)9-13/h10-11,14H,4-8H2,1-3H3. The lowest BCUT2D eigenvalue weighted by Gasteiger charge is -2.26. The number of hydroxylamine groups is 1. The van der Waals surface area contributed by atoms with Crippen molar-refractivity contribution in [2.75, 3.05) is 0 Å². The molecule has 0 aromatic heterocycles. The first-order valence-electron chi connectivity index (χ1n) is 5.86. The van der Waals surface area contributed by atoms with E-state index in [2.05, 4.69) is 11.5 Å². The first-order chi connectivity index (χ1) is 7.03. The average molecular weight is 210 g/mol. The quantitative estimate of drug-likeness (QED) is 0.563. The van der Waals surface area contributed by atoms with Crippen LogP contribution in [0.15, 0.2) is 0 Å². The number of rotatable bonds is 2. The third kappa shape index (κ3) is 4.63. The lowest BCUT2D eigenvalue weighted by molar-refractivity contribution is -0.0941. The van der Waals surface area contributed by atoms with Crippen molar-refractivity contribution >= 4 is 0 Å². The van der Waals surface area contributed by atoms with Crippen LogP contribution in [0.2, 0.25) is 0 Å². The number of hydrogen-bond acceptors (Lipinski definition) is 3. The molecule has 0 radical (unpaired) electrons. The Hall–Kier alpha value is -0.590. The van der Waals surface area contributed by atoms with Crippen molar-refractivity contribution in [2.24, 2.45) is 5.92 Å². The van der Waals surface area contributed by atoms with Gasteiger partial charge in [0.1, 0.15) is 0 Å². The van der Waals surface area contributed by atoms with E-state index in [0.29, 0.717) is 0 Å². The molecule has 2 atom stereocenters. The van der Waals surface area contributed by atoms with Crippen LogP contribution in [-0.4, -0.2) is 11.6 Å². The number of nitrogens with zero attached hydrogens (tertiary/aromatic N) is 1. The Morgan fingerprint density at radius 3 is 2.47 bits per heavy atom. The molecule has 1 fully saturated rings. The van der Waals surface area contributed by atoms with Crippen LogP contribution in [0, 0.1) is 17.2 Å². The summed E-state index contributed by atoms with van der Waals surface area (Å²) in [6.45, 7) is 6.04. The highest BCUT2D eigenvalue weighted by molar-refractivity contribution is 4.92. The van der Waals surface area contributed by atoms with Gasteiger partial charge in [0, 0.05) is 6.04 Å². The molecule has 0 spiro atoms. The van der Waals surface area contributed by atoms with Gasteiger partial charge in [0.25, 0.3) is 0 Å². The maximum atomic E-state index is 9.07. The Morgan fingerprint density at radius 2 is 1.87 bits per heavy atom. The smallest absolute Gasteiger partial charge is 0.0813 e. The summed E-state index contributed by atoms with van der Waals surface area (Å²) in [5.41, 5.74) is 2.89. The van der Waals surface area contributed by atoms with E-state index in [0.717, 1.165) is 12.8 Å². The third-order valence-electron chi connectivity index (χ3n) is 2.70. The zero-order valence-electron chi connectivity index (χ0n) is 10.0. The SMILES string of the molecule is CC(C)(C)ONC1CCCCCC1C#N. The minimum Gasteiger partial charge on any atom is -0.296 e. The van der Waals surface area contributed by atoms with E-state index in [4.69, 9.17) is 10.1 Å². The van der Waals surface area contributed by atoms with Crippen LogP contribution in [0.25, 0.3) is 0 Å². The molecule has 0 heterocycles. The van der Waals surface area contributed by atoms with E-state index in [1.54, 1.807) is 0 Å². The van der Waals surface area contributed by atoms with Gasteiger partial charge in [-0.3, -0.25) is 4.84 Å². The van der Waals surface area contributed by atoms with Crippen LogP contribution in [-0.2, 0) is 4.84 Å². The highest BCUT2D eigenvalue weighted by Gasteiger charge is 2.25. The summed E-state index contributed by atoms with van der Waals surface area (Å²) < 4.78 is 0. The zero-order valence-corrected chi connectivity index (χ0v) is 10.0. The van der Waals surface area contributed by atoms with E-state index in [-0.39, 0.29) is 17.6 Å². The zero-order chi connectivity index (χ0) is 11.3. The van der Waals surface area contributed by atoms with Gasteiger partial charge in [-0.1, -0.05) is 19.3 Å². The molecular weight excluding hydrogens is 188 g/mol. The largest absolute Gasteiger partial charge is 0.296 e. The maximum absolute atomic E-state index is 9.07. The monoisotopic (exact) mass is 210 g/mol. The second-order valence-corrected chi connectivity index (χ2v) is 5.31. The first kappa shape index (κ1) is 12.5. The Bertz CT molecular complexity index is 227. The van der Waals surface area contributed by atoms with E-state index in [1.807, 2.05) is 20.8 Å². The fraction of sp³-hybridized carbons (Fsp3) is 0.917. The molecule has 86 valence electrons. The van der Waals surface area contributed by atoms with Gasteiger partial charge in [0.05, 0.1) is 17.6 Å². The molecule has 1 N–H and O–H groups in total. The number of nitriles is 1. The second-order valence-electron chi connectivity index (χ2n) is 5.31. The van der Waals surface area contributed by atoms with E-state index >= 15 is 0 Å². The van der Waals surface area contributed by atoms with Crippen LogP contribution >= 0.6 is 0 Å². The summed E-state index contributed by atoms with van der Waals surface area (Å²) in [5, 5.41) is 9.07. The fourth-order valence-electron chi connectivity index (χ4n) is 1.86. The molecule has 15 heavy (non-hydrogen) atoms. The van der Waals surface area contributed by atoms with E-state index in [9.17, 15) is 0 Å². The predicted octanol–water partition coefficient (Wildman–Crippen LogP) is 2.78. The van der Waals surface area contributed by atoms with Crippen molar-refractivity contribution in [3.8, 4) is 6.07 Å². The topological polar surface area (TPSA) is 45.0 Å². The molecule has 3 nitrogen and oxygen atoms in total. The fourth-order valence-corrected chi connectivity index (χ4v) is 1.86. The highest BCUT2D eigenvalue weighted by atomic mass is 16.7. The first-order valence-corrected chi connectivity index (χ1v) is 5.86. The molecule has 0 aromatic carbocycles. The summed E-state index contributed by atoms with van der Waals surface area (Å²) in [6, 6.07) is 2.59. The van der Waals surface area contributed by atoms with Crippen molar-refractivity contribution in [3.63, 3.8) is 0 Å². The Morgan fingerprint density at radius 1 is 1.20 bits per heavy atom. The van der Waals surface area contributed by atoms with Gasteiger partial charge in [-0.25, -0.2) is 0 Å². The molecule has 0 bridgehead atoms. The third-order valence-corrected chi connectivity index (χ3v) is 2.70. The molecule has 0 aromatic rings. The summed E-state index contributed by atoms with van der Waals surface area (Å²) in [5.74, 6) is 0.106. The summed E-state index contributed by atoms with van der Waals surface area (Å²) >= 11 is 0. The molecule has 1 aliphatic carbocycles. The number of nitrogens with one attached hydrogen (secondary N) is 1. The van der Waals surface area contributed by atoms with Crippen LogP contribution in [0.5, 0.6) is 0 Å². The van der Waals surface area contributed by atoms with Crippen molar-refractivity contribution in [1.29, 1.82) is 5.26 Å². The lowest BCUT2D eigenvalue weighted by atomic mass is 9.97. The molecule has 1 saturated carbocycles. The van der Waals surface area contributed by atoms with Crippen molar-refractivity contribution in [3.05, 3.63) is 0 Å². The molecular formula is C12H22N2O. The maximum Gasteiger partial charge on any atom is 0.0813 e. The van der Waals surface area contributed by atoms with Gasteiger partial charge in [-0.05, 0) is 33.6 Å². The van der Waals surface area contributed by atoms with Gasteiger partial charge in [-0.15, -0.1) is 0 Å². The molecule has 0 aliphatic heterocycles. The van der Waals surface area contributed by atoms with Crippen LogP contribution in [0.1, 0.15) is 52.9 Å². The van der Waals surface area contributed by atoms with Gasteiger partial charge in [0.2, 0.25) is 0 Å². The summed E-state index contributed by atoms with van der Waals surface area (Å²) in [4.78, 5) is 5.56. The van der Waals surface area contributed by atoms with Crippen molar-refractivity contribution < 1.29 is 4.84 Å². The lowest BCUT2D eigenvalue weighted by Crippen LogP contribution is -2.40. The Kier molecular flexibility index (Phi) is 4.56. The minimum absolute atomic E-state index is 0.106. The average Bonchev–Trinajstić information content (AvgIpc) is 2.37. The predicted molar refractivity (Wildman–Crippen MR) is 59.9 cm³/mol. The van der Waals surface area contributed by atoms with Crippen molar-refractivity contribution in [2.45, 2.75) is 64.5 Å². The Labute approximate surface area is 92.8 Å². The van der Waals surface area contributed by atoms with Crippen LogP contribution in [0.3, 0.4) is 0 Å². The summed E-state index contributed by atoms with van der Waals surface area (Å²) in [7, 11) is 0. The highest BCUT2D eigenvalue weighted by Crippen LogP contribution is 2.23.